The van der Waals surface area contributed by atoms with E-state index >= 15 is 0 Å². The van der Waals surface area contributed by atoms with Crippen molar-refractivity contribution in [2.45, 2.75) is 19.1 Å². The van der Waals surface area contributed by atoms with Crippen molar-refractivity contribution in [1.29, 1.82) is 0 Å². The number of carbonyl (C=O) groups excluding carboxylic acids is 1. The van der Waals surface area contributed by atoms with Crippen LogP contribution in [0.15, 0.2) is 54.6 Å². The van der Waals surface area contributed by atoms with Gasteiger partial charge in [0.15, 0.2) is 6.23 Å². The highest BCUT2D eigenvalue weighted by atomic mass is 16.5. The molecule has 1 aliphatic rings. The third-order valence-corrected chi connectivity index (χ3v) is 3.93. The maximum Gasteiger partial charge on any atom is 0.256 e. The molecule has 108 valence electrons. The number of methoxy groups -OCH3 is 1. The van der Waals surface area contributed by atoms with E-state index in [2.05, 4.69) is 12.1 Å². The van der Waals surface area contributed by atoms with E-state index < -0.39 is 0 Å². The maximum atomic E-state index is 12.5. The molecule has 2 aromatic rings. The number of ether oxygens (including phenoxy) is 1. The Morgan fingerprint density at radius 2 is 1.76 bits per heavy atom. The summed E-state index contributed by atoms with van der Waals surface area (Å²) in [6.45, 7) is 0.709. The summed E-state index contributed by atoms with van der Waals surface area (Å²) in [4.78, 5) is 14.3. The molecule has 1 amide bonds. The van der Waals surface area contributed by atoms with Gasteiger partial charge in [0.05, 0.1) is 0 Å². The number of rotatable bonds is 5. The summed E-state index contributed by atoms with van der Waals surface area (Å²) >= 11 is 0. The summed E-state index contributed by atoms with van der Waals surface area (Å²) in [5, 5.41) is 0. The zero-order chi connectivity index (χ0) is 14.7. The number of carbonyl (C=O) groups is 1. The number of amides is 1. The molecule has 0 fully saturated rings. The Balaban J connectivity index is 1.67. The molecule has 1 atom stereocenters. The molecule has 0 aliphatic carbocycles. The first-order valence-corrected chi connectivity index (χ1v) is 7.28. The molecule has 3 heteroatoms. The van der Waals surface area contributed by atoms with Gasteiger partial charge in [-0.15, -0.1) is 0 Å². The molecule has 0 spiro atoms. The quantitative estimate of drug-likeness (QED) is 0.840. The van der Waals surface area contributed by atoms with Crippen LogP contribution in [0.5, 0.6) is 0 Å². The molecule has 21 heavy (non-hydrogen) atoms. The van der Waals surface area contributed by atoms with Crippen molar-refractivity contribution < 1.29 is 9.53 Å². The van der Waals surface area contributed by atoms with Crippen LogP contribution < -0.4 is 0 Å². The number of hydrogen-bond donors (Lipinski definition) is 0. The Morgan fingerprint density at radius 3 is 2.52 bits per heavy atom. The van der Waals surface area contributed by atoms with Crippen LogP contribution >= 0.6 is 0 Å². The topological polar surface area (TPSA) is 29.5 Å². The van der Waals surface area contributed by atoms with Crippen LogP contribution in [0.4, 0.5) is 0 Å². The molecule has 1 aliphatic heterocycles. The number of hydrogen-bond acceptors (Lipinski definition) is 2. The molecule has 0 N–H and O–H groups in total. The van der Waals surface area contributed by atoms with Crippen LogP contribution in [0.3, 0.4) is 0 Å². The molecular formula is C18H19NO2. The minimum atomic E-state index is -0.246. The van der Waals surface area contributed by atoms with Crippen molar-refractivity contribution in [2.75, 3.05) is 13.7 Å². The van der Waals surface area contributed by atoms with Gasteiger partial charge in [-0.3, -0.25) is 4.79 Å². The van der Waals surface area contributed by atoms with Gasteiger partial charge in [0, 0.05) is 24.8 Å². The molecule has 0 bridgehead atoms. The fraction of sp³-hybridized carbons (Fsp3) is 0.278. The van der Waals surface area contributed by atoms with Crippen LogP contribution in [0.1, 0.15) is 34.1 Å². The summed E-state index contributed by atoms with van der Waals surface area (Å²) in [6.07, 6.45) is 1.66. The average Bonchev–Trinajstić information content (AvgIpc) is 2.81. The Hall–Kier alpha value is -2.13. The van der Waals surface area contributed by atoms with E-state index in [1.807, 2.05) is 47.4 Å². The lowest BCUT2D eigenvalue weighted by Gasteiger charge is -2.23. The lowest BCUT2D eigenvalue weighted by Crippen LogP contribution is -2.30. The molecule has 3 nitrogen and oxygen atoms in total. The van der Waals surface area contributed by atoms with E-state index in [-0.39, 0.29) is 12.1 Å². The standard InChI is InChI=1S/C18H19NO2/c1-21-18-16-12-6-5-11-15(16)17(20)19(18)13-7-10-14-8-3-2-4-9-14/h2-6,8-9,11-12,18H,7,10,13H2,1H3. The molecular weight excluding hydrogens is 262 g/mol. The Kier molecular flexibility index (Phi) is 4.02. The van der Waals surface area contributed by atoms with Gasteiger partial charge in [0.2, 0.25) is 0 Å². The average molecular weight is 281 g/mol. The predicted molar refractivity (Wildman–Crippen MR) is 82.0 cm³/mol. The van der Waals surface area contributed by atoms with E-state index in [0.29, 0.717) is 6.54 Å². The van der Waals surface area contributed by atoms with Crippen LogP contribution in [-0.4, -0.2) is 24.5 Å². The van der Waals surface area contributed by atoms with Gasteiger partial charge in [-0.2, -0.15) is 0 Å². The maximum absolute atomic E-state index is 12.5. The first-order chi connectivity index (χ1) is 10.3. The minimum absolute atomic E-state index is 0.0745. The van der Waals surface area contributed by atoms with Gasteiger partial charge < -0.3 is 9.64 Å². The largest absolute Gasteiger partial charge is 0.357 e. The van der Waals surface area contributed by atoms with Gasteiger partial charge in [-0.25, -0.2) is 0 Å². The van der Waals surface area contributed by atoms with Gasteiger partial charge in [0.25, 0.3) is 5.91 Å². The minimum Gasteiger partial charge on any atom is -0.357 e. The van der Waals surface area contributed by atoms with Crippen molar-refractivity contribution in [3.05, 3.63) is 71.3 Å². The first-order valence-electron chi connectivity index (χ1n) is 7.28. The highest BCUT2D eigenvalue weighted by Crippen LogP contribution is 2.33. The van der Waals surface area contributed by atoms with E-state index in [1.54, 1.807) is 7.11 Å². The molecule has 0 saturated heterocycles. The number of benzene rings is 2. The van der Waals surface area contributed by atoms with Crippen molar-refractivity contribution in [2.24, 2.45) is 0 Å². The number of fused-ring (bicyclic) bond motifs is 1. The Bertz CT molecular complexity index is 624. The molecule has 3 rings (SSSR count). The molecule has 0 aromatic heterocycles. The molecule has 2 aromatic carbocycles. The highest BCUT2D eigenvalue weighted by molar-refractivity contribution is 5.98. The third kappa shape index (κ3) is 2.69. The van der Waals surface area contributed by atoms with Crippen molar-refractivity contribution >= 4 is 5.91 Å². The zero-order valence-corrected chi connectivity index (χ0v) is 12.2. The van der Waals surface area contributed by atoms with Crippen LogP contribution in [-0.2, 0) is 11.2 Å². The molecule has 0 saturated carbocycles. The molecule has 1 unspecified atom stereocenters. The lowest BCUT2D eigenvalue weighted by molar-refractivity contribution is -0.0128. The van der Waals surface area contributed by atoms with Crippen LogP contribution in [0.25, 0.3) is 0 Å². The van der Waals surface area contributed by atoms with E-state index in [9.17, 15) is 4.79 Å². The van der Waals surface area contributed by atoms with Gasteiger partial charge >= 0.3 is 0 Å². The monoisotopic (exact) mass is 281 g/mol. The second kappa shape index (κ2) is 6.10. The van der Waals surface area contributed by atoms with E-state index in [1.165, 1.54) is 5.56 Å². The first kappa shape index (κ1) is 13.8. The fourth-order valence-corrected chi connectivity index (χ4v) is 2.91. The Labute approximate surface area is 125 Å². The SMILES string of the molecule is COC1c2ccccc2C(=O)N1CCCc1ccccc1. The van der Waals surface area contributed by atoms with Crippen LogP contribution in [0, 0.1) is 0 Å². The van der Waals surface area contributed by atoms with Crippen molar-refractivity contribution in [3.63, 3.8) is 0 Å². The molecule has 1 heterocycles. The van der Waals surface area contributed by atoms with E-state index in [4.69, 9.17) is 4.74 Å². The Morgan fingerprint density at radius 1 is 1.05 bits per heavy atom. The second-order valence-electron chi connectivity index (χ2n) is 5.26. The zero-order valence-electron chi connectivity index (χ0n) is 12.2. The molecule has 0 radical (unpaired) electrons. The number of nitrogens with zero attached hydrogens (tertiary/aromatic N) is 1. The lowest BCUT2D eigenvalue weighted by atomic mass is 10.1. The van der Waals surface area contributed by atoms with Crippen LogP contribution in [0.2, 0.25) is 0 Å². The van der Waals surface area contributed by atoms with Crippen molar-refractivity contribution in [1.82, 2.24) is 4.90 Å². The predicted octanol–water partition coefficient (Wildman–Crippen LogP) is 3.42. The van der Waals surface area contributed by atoms with Gasteiger partial charge in [0.1, 0.15) is 0 Å². The fourth-order valence-electron chi connectivity index (χ4n) is 2.91. The van der Waals surface area contributed by atoms with E-state index in [0.717, 1.165) is 24.0 Å². The number of aryl methyl sites for hydroxylation is 1. The summed E-state index contributed by atoms with van der Waals surface area (Å²) < 4.78 is 5.53. The summed E-state index contributed by atoms with van der Waals surface area (Å²) in [5.41, 5.74) is 3.05. The van der Waals surface area contributed by atoms with Gasteiger partial charge in [-0.1, -0.05) is 48.5 Å². The highest BCUT2D eigenvalue weighted by Gasteiger charge is 2.35. The van der Waals surface area contributed by atoms with Gasteiger partial charge in [-0.05, 0) is 24.5 Å². The summed E-state index contributed by atoms with van der Waals surface area (Å²) in [5.74, 6) is 0.0745. The second-order valence-corrected chi connectivity index (χ2v) is 5.26. The third-order valence-electron chi connectivity index (χ3n) is 3.93. The summed E-state index contributed by atoms with van der Waals surface area (Å²) in [7, 11) is 1.66. The summed E-state index contributed by atoms with van der Waals surface area (Å²) in [6, 6.07) is 18.0. The smallest absolute Gasteiger partial charge is 0.256 e. The normalized spacial score (nSPS) is 17.1. The van der Waals surface area contributed by atoms with Crippen molar-refractivity contribution in [3.8, 4) is 0 Å².